The highest BCUT2D eigenvalue weighted by Gasteiger charge is 2.21. The number of carboxylic acid groups (broad SMARTS) is 3. The van der Waals surface area contributed by atoms with E-state index in [-0.39, 0.29) is 115 Å². The fourth-order valence-electron chi connectivity index (χ4n) is 5.00. The van der Waals surface area contributed by atoms with E-state index >= 15 is 0 Å². The van der Waals surface area contributed by atoms with E-state index in [0.29, 0.717) is 38.6 Å². The maximum Gasteiger partial charge on any atom is 0.326 e. The van der Waals surface area contributed by atoms with Crippen molar-refractivity contribution in [2.45, 2.75) is 108 Å². The van der Waals surface area contributed by atoms with Crippen molar-refractivity contribution in [3.8, 4) is 0 Å². The molecule has 0 fully saturated rings. The van der Waals surface area contributed by atoms with Gasteiger partial charge < -0.3 is 60.9 Å². The molecule has 55 heavy (non-hydrogen) atoms. The summed E-state index contributed by atoms with van der Waals surface area (Å²) in [5.74, 6) is -4.23. The molecule has 19 nitrogen and oxygen atoms in total. The number of carbonyl (C=O) groups excluding carboxylic acids is 4. The first-order chi connectivity index (χ1) is 26.5. The van der Waals surface area contributed by atoms with Gasteiger partial charge in [-0.15, -0.1) is 0 Å². The molecule has 0 aromatic heterocycles. The molecule has 2 unspecified atom stereocenters. The number of likely N-dealkylation sites (N-methyl/N-ethyl adjacent to an activating group) is 1. The van der Waals surface area contributed by atoms with Gasteiger partial charge in [-0.1, -0.05) is 38.5 Å². The number of unbranched alkanes of at least 4 members (excludes halogenated alkanes) is 8. The number of amides is 4. The molecule has 0 bridgehead atoms. The van der Waals surface area contributed by atoms with Crippen molar-refractivity contribution in [1.82, 2.24) is 26.6 Å². The molecular formula is C36H65N5O14. The molecule has 0 saturated heterocycles. The predicted octanol–water partition coefficient (Wildman–Crippen LogP) is 0.580. The molecule has 19 heteroatoms. The SMILES string of the molecule is CNC(CCCCNC(=O)COCCOCCNC(=O)COCCOCCNC(=O)CCC(NC(=O)CCCCCCCCCCC(=O)O)C(=O)O)C(=O)O. The summed E-state index contributed by atoms with van der Waals surface area (Å²) in [6.45, 7) is 1.81. The third-order valence-electron chi connectivity index (χ3n) is 8.07. The Balaban J connectivity index is 3.67. The third-order valence-corrected chi connectivity index (χ3v) is 8.07. The van der Waals surface area contributed by atoms with Crippen LogP contribution in [-0.2, 0) is 52.5 Å². The van der Waals surface area contributed by atoms with Crippen LogP contribution in [0.2, 0.25) is 0 Å². The van der Waals surface area contributed by atoms with Crippen molar-refractivity contribution in [1.29, 1.82) is 0 Å². The summed E-state index contributed by atoms with van der Waals surface area (Å²) in [5.41, 5.74) is 0. The van der Waals surface area contributed by atoms with Crippen molar-refractivity contribution in [3.63, 3.8) is 0 Å². The monoisotopic (exact) mass is 791 g/mol. The van der Waals surface area contributed by atoms with Gasteiger partial charge in [0.05, 0.1) is 39.6 Å². The first-order valence-electron chi connectivity index (χ1n) is 19.2. The van der Waals surface area contributed by atoms with Crippen LogP contribution in [0.1, 0.15) is 96.3 Å². The molecule has 0 spiro atoms. The summed E-state index contributed by atoms with van der Waals surface area (Å²) in [6, 6.07) is -1.76. The Morgan fingerprint density at radius 2 is 0.927 bits per heavy atom. The molecule has 0 aromatic carbocycles. The fourth-order valence-corrected chi connectivity index (χ4v) is 5.00. The molecular weight excluding hydrogens is 726 g/mol. The zero-order valence-corrected chi connectivity index (χ0v) is 32.4. The van der Waals surface area contributed by atoms with Gasteiger partial charge in [0.15, 0.2) is 0 Å². The Kier molecular flexibility index (Phi) is 33.2. The van der Waals surface area contributed by atoms with Gasteiger partial charge in [-0.25, -0.2) is 4.79 Å². The van der Waals surface area contributed by atoms with Crippen LogP contribution in [0.5, 0.6) is 0 Å². The van der Waals surface area contributed by atoms with Gasteiger partial charge in [0.2, 0.25) is 23.6 Å². The summed E-state index contributed by atoms with van der Waals surface area (Å²) in [7, 11) is 1.59. The minimum Gasteiger partial charge on any atom is -0.481 e. The molecule has 0 rings (SSSR count). The van der Waals surface area contributed by atoms with Crippen LogP contribution in [-0.4, -0.2) is 148 Å². The Labute approximate surface area is 323 Å². The lowest BCUT2D eigenvalue weighted by atomic mass is 10.1. The highest BCUT2D eigenvalue weighted by molar-refractivity contribution is 5.84. The van der Waals surface area contributed by atoms with Crippen LogP contribution in [0.4, 0.5) is 0 Å². The Hall–Kier alpha value is -3.91. The summed E-state index contributed by atoms with van der Waals surface area (Å²) in [6.07, 6.45) is 9.08. The lowest BCUT2D eigenvalue weighted by Crippen LogP contribution is -2.41. The van der Waals surface area contributed by atoms with E-state index in [1.54, 1.807) is 7.05 Å². The van der Waals surface area contributed by atoms with Gasteiger partial charge in [-0.05, 0) is 45.6 Å². The normalized spacial score (nSPS) is 12.0. The van der Waals surface area contributed by atoms with Crippen LogP contribution >= 0.6 is 0 Å². The molecule has 0 aliphatic carbocycles. The third kappa shape index (κ3) is 34.3. The largest absolute Gasteiger partial charge is 0.481 e. The highest BCUT2D eigenvalue weighted by atomic mass is 16.5. The van der Waals surface area contributed by atoms with E-state index in [2.05, 4.69) is 26.6 Å². The quantitative estimate of drug-likeness (QED) is 0.0396. The summed E-state index contributed by atoms with van der Waals surface area (Å²) < 4.78 is 21.2. The molecule has 0 saturated carbocycles. The number of nitrogens with one attached hydrogen (secondary N) is 5. The van der Waals surface area contributed by atoms with Gasteiger partial charge in [0.1, 0.15) is 25.3 Å². The number of ether oxygens (including phenoxy) is 4. The smallest absolute Gasteiger partial charge is 0.326 e. The van der Waals surface area contributed by atoms with E-state index in [1.165, 1.54) is 0 Å². The van der Waals surface area contributed by atoms with Crippen molar-refractivity contribution >= 4 is 41.5 Å². The van der Waals surface area contributed by atoms with Crippen molar-refractivity contribution < 1.29 is 67.8 Å². The first-order valence-corrected chi connectivity index (χ1v) is 19.2. The number of hydrogen-bond acceptors (Lipinski definition) is 12. The van der Waals surface area contributed by atoms with E-state index in [0.717, 1.165) is 38.5 Å². The second kappa shape index (κ2) is 35.8. The molecule has 8 N–H and O–H groups in total. The lowest BCUT2D eigenvalue weighted by Gasteiger charge is -2.14. The van der Waals surface area contributed by atoms with Crippen LogP contribution in [0.25, 0.3) is 0 Å². The molecule has 0 radical (unpaired) electrons. The molecule has 4 amide bonds. The Bertz CT molecular complexity index is 1100. The van der Waals surface area contributed by atoms with E-state index in [9.17, 15) is 38.7 Å². The lowest BCUT2D eigenvalue weighted by molar-refractivity contribution is -0.142. The Morgan fingerprint density at radius 3 is 1.44 bits per heavy atom. The van der Waals surface area contributed by atoms with Gasteiger partial charge >= 0.3 is 17.9 Å². The summed E-state index contributed by atoms with van der Waals surface area (Å²) in [5, 5.41) is 40.2. The molecule has 0 aliphatic heterocycles. The summed E-state index contributed by atoms with van der Waals surface area (Å²) in [4.78, 5) is 80.9. The molecule has 2 atom stereocenters. The van der Waals surface area contributed by atoms with Crippen LogP contribution in [0.15, 0.2) is 0 Å². The standard InChI is InChI=1S/C36H65N5O14/c1-37-28(35(48)49)12-10-11-17-38-32(44)26-54-24-23-53-21-19-40-33(45)27-55-25-22-52-20-18-39-30(42)16-15-29(36(50)51)41-31(43)13-8-6-4-2-3-5-7-9-14-34(46)47/h28-29,37H,2-27H2,1H3,(H,38,44)(H,39,42)(H,40,45)(H,41,43)(H,46,47)(H,48,49)(H,50,51). The number of aliphatic carboxylic acids is 3. The van der Waals surface area contributed by atoms with E-state index < -0.39 is 30.0 Å². The van der Waals surface area contributed by atoms with Crippen molar-refractivity contribution in [2.75, 3.05) is 79.5 Å². The average molecular weight is 792 g/mol. The molecule has 0 aliphatic rings. The zero-order valence-electron chi connectivity index (χ0n) is 32.4. The van der Waals surface area contributed by atoms with Crippen LogP contribution in [0.3, 0.4) is 0 Å². The topological polar surface area (TPSA) is 277 Å². The van der Waals surface area contributed by atoms with Crippen LogP contribution in [0, 0.1) is 0 Å². The van der Waals surface area contributed by atoms with E-state index in [4.69, 9.17) is 29.2 Å². The van der Waals surface area contributed by atoms with Crippen molar-refractivity contribution in [2.24, 2.45) is 0 Å². The molecule has 318 valence electrons. The maximum atomic E-state index is 12.2. The fraction of sp³-hybridized carbons (Fsp3) is 0.806. The highest BCUT2D eigenvalue weighted by Crippen LogP contribution is 2.11. The molecule has 0 heterocycles. The first kappa shape index (κ1) is 51.1. The van der Waals surface area contributed by atoms with Crippen molar-refractivity contribution in [3.05, 3.63) is 0 Å². The zero-order chi connectivity index (χ0) is 40.9. The maximum absolute atomic E-state index is 12.2. The second-order valence-corrected chi connectivity index (χ2v) is 12.8. The predicted molar refractivity (Wildman–Crippen MR) is 199 cm³/mol. The van der Waals surface area contributed by atoms with Gasteiger partial charge in [0, 0.05) is 38.9 Å². The van der Waals surface area contributed by atoms with Gasteiger partial charge in [0.25, 0.3) is 0 Å². The van der Waals surface area contributed by atoms with Crippen LogP contribution < -0.4 is 26.6 Å². The molecule has 0 aromatic rings. The number of hydrogen-bond donors (Lipinski definition) is 8. The number of rotatable bonds is 39. The average Bonchev–Trinajstić information content (AvgIpc) is 3.13. The number of carboxylic acids is 3. The number of carbonyl (C=O) groups is 7. The Morgan fingerprint density at radius 1 is 0.455 bits per heavy atom. The van der Waals surface area contributed by atoms with E-state index in [1.807, 2.05) is 0 Å². The minimum absolute atomic E-state index is 0.0493. The minimum atomic E-state index is -1.21. The van der Waals surface area contributed by atoms with Gasteiger partial charge in [-0.3, -0.25) is 28.8 Å². The summed E-state index contributed by atoms with van der Waals surface area (Å²) >= 11 is 0. The second-order valence-electron chi connectivity index (χ2n) is 12.8. The van der Waals surface area contributed by atoms with Gasteiger partial charge in [-0.2, -0.15) is 0 Å².